The Morgan fingerprint density at radius 2 is 2.50 bits per heavy atom. The first-order valence-electron chi connectivity index (χ1n) is 6.34. The van der Waals surface area contributed by atoms with E-state index in [1.807, 2.05) is 0 Å². The number of carbonyl (C=O) groups excluding carboxylic acids is 1. The van der Waals surface area contributed by atoms with E-state index in [1.54, 1.807) is 0 Å². The zero-order valence-corrected chi connectivity index (χ0v) is 10.5. The normalized spacial score (nSPS) is 20.7. The van der Waals surface area contributed by atoms with Gasteiger partial charge >= 0.3 is 0 Å². The molecule has 18 heavy (non-hydrogen) atoms. The number of halogens is 1. The third-order valence-corrected chi connectivity index (χ3v) is 3.28. The molecule has 2 heterocycles. The van der Waals surface area contributed by atoms with Crippen molar-refractivity contribution in [2.24, 2.45) is 0 Å². The summed E-state index contributed by atoms with van der Waals surface area (Å²) in [6.07, 6.45) is 3.38. The number of nitrogens with zero attached hydrogens (tertiary/aromatic N) is 2. The molecule has 1 fully saturated rings. The Bertz CT molecular complexity index is 424. The SMILES string of the molecule is CCN1CCCC(NC(=O)c2ccnc(F)c2)C1. The van der Waals surface area contributed by atoms with Gasteiger partial charge < -0.3 is 10.2 Å². The molecular weight excluding hydrogens is 233 g/mol. The van der Waals surface area contributed by atoms with Gasteiger partial charge in [-0.3, -0.25) is 4.79 Å². The van der Waals surface area contributed by atoms with Crippen LogP contribution in [-0.4, -0.2) is 41.5 Å². The Morgan fingerprint density at radius 1 is 1.67 bits per heavy atom. The summed E-state index contributed by atoms with van der Waals surface area (Å²) in [7, 11) is 0. The molecule has 1 amide bonds. The second-order valence-corrected chi connectivity index (χ2v) is 4.57. The van der Waals surface area contributed by atoms with Gasteiger partial charge in [0.25, 0.3) is 5.91 Å². The molecule has 1 unspecified atom stereocenters. The number of amides is 1. The van der Waals surface area contributed by atoms with Crippen molar-refractivity contribution < 1.29 is 9.18 Å². The summed E-state index contributed by atoms with van der Waals surface area (Å²) in [5.41, 5.74) is 0.330. The minimum absolute atomic E-state index is 0.155. The molecule has 0 aliphatic carbocycles. The van der Waals surface area contributed by atoms with Gasteiger partial charge in [0.2, 0.25) is 5.95 Å². The molecule has 1 aliphatic rings. The van der Waals surface area contributed by atoms with Crippen LogP contribution in [0.3, 0.4) is 0 Å². The predicted octanol–water partition coefficient (Wildman–Crippen LogP) is 1.43. The van der Waals surface area contributed by atoms with Crippen LogP contribution in [-0.2, 0) is 0 Å². The largest absolute Gasteiger partial charge is 0.348 e. The van der Waals surface area contributed by atoms with Crippen LogP contribution >= 0.6 is 0 Å². The number of piperidine rings is 1. The average molecular weight is 251 g/mol. The van der Waals surface area contributed by atoms with Crippen LogP contribution in [0.1, 0.15) is 30.1 Å². The van der Waals surface area contributed by atoms with Crippen LogP contribution in [0.2, 0.25) is 0 Å². The van der Waals surface area contributed by atoms with E-state index < -0.39 is 5.95 Å². The Balaban J connectivity index is 1.95. The maximum absolute atomic E-state index is 12.9. The van der Waals surface area contributed by atoms with Gasteiger partial charge in [-0.05, 0) is 32.0 Å². The fourth-order valence-corrected chi connectivity index (χ4v) is 2.27. The Kier molecular flexibility index (Phi) is 4.25. The molecule has 1 N–H and O–H groups in total. The average Bonchev–Trinajstić information content (AvgIpc) is 2.39. The molecular formula is C13H18FN3O. The highest BCUT2D eigenvalue weighted by molar-refractivity contribution is 5.94. The highest BCUT2D eigenvalue weighted by atomic mass is 19.1. The van der Waals surface area contributed by atoms with Gasteiger partial charge in [0.15, 0.2) is 0 Å². The number of aromatic nitrogens is 1. The maximum atomic E-state index is 12.9. The standard InChI is InChI=1S/C13H18FN3O/c1-2-17-7-3-4-11(9-17)16-13(18)10-5-6-15-12(14)8-10/h5-6,8,11H,2-4,7,9H2,1H3,(H,16,18). The van der Waals surface area contributed by atoms with Gasteiger partial charge in [-0.2, -0.15) is 4.39 Å². The zero-order valence-electron chi connectivity index (χ0n) is 10.5. The van der Waals surface area contributed by atoms with E-state index in [1.165, 1.54) is 12.3 Å². The van der Waals surface area contributed by atoms with Crippen LogP contribution in [0.5, 0.6) is 0 Å². The van der Waals surface area contributed by atoms with Crippen molar-refractivity contribution in [3.63, 3.8) is 0 Å². The summed E-state index contributed by atoms with van der Waals surface area (Å²) in [5.74, 6) is -0.847. The van der Waals surface area contributed by atoms with Crippen LogP contribution in [0.25, 0.3) is 0 Å². The molecule has 0 radical (unpaired) electrons. The van der Waals surface area contributed by atoms with Gasteiger partial charge in [0, 0.05) is 30.4 Å². The van der Waals surface area contributed by atoms with E-state index in [0.29, 0.717) is 5.56 Å². The van der Waals surface area contributed by atoms with E-state index in [-0.39, 0.29) is 11.9 Å². The maximum Gasteiger partial charge on any atom is 0.251 e. The summed E-state index contributed by atoms with van der Waals surface area (Å²) >= 11 is 0. The molecule has 1 atom stereocenters. The van der Waals surface area contributed by atoms with Gasteiger partial charge in [-0.15, -0.1) is 0 Å². The number of nitrogens with one attached hydrogen (secondary N) is 1. The molecule has 5 heteroatoms. The second-order valence-electron chi connectivity index (χ2n) is 4.57. The minimum Gasteiger partial charge on any atom is -0.348 e. The lowest BCUT2D eigenvalue weighted by molar-refractivity contribution is 0.0905. The lowest BCUT2D eigenvalue weighted by atomic mass is 10.1. The van der Waals surface area contributed by atoms with Gasteiger partial charge in [-0.25, -0.2) is 4.98 Å². The molecule has 2 rings (SSSR count). The van der Waals surface area contributed by atoms with Gasteiger partial charge in [0.1, 0.15) is 0 Å². The van der Waals surface area contributed by atoms with Crippen molar-refractivity contribution in [1.82, 2.24) is 15.2 Å². The number of rotatable bonds is 3. The molecule has 0 bridgehead atoms. The number of hydrogen-bond donors (Lipinski definition) is 1. The first kappa shape index (κ1) is 13.0. The Labute approximate surface area is 106 Å². The summed E-state index contributed by atoms with van der Waals surface area (Å²) in [4.78, 5) is 17.7. The fraction of sp³-hybridized carbons (Fsp3) is 0.538. The molecule has 1 saturated heterocycles. The smallest absolute Gasteiger partial charge is 0.251 e. The fourth-order valence-electron chi connectivity index (χ4n) is 2.27. The highest BCUT2D eigenvalue weighted by Crippen LogP contribution is 2.10. The Morgan fingerprint density at radius 3 is 3.22 bits per heavy atom. The van der Waals surface area contributed by atoms with Crippen LogP contribution in [0.15, 0.2) is 18.3 Å². The first-order valence-corrected chi connectivity index (χ1v) is 6.34. The number of pyridine rings is 1. The van der Waals surface area contributed by atoms with Crippen molar-refractivity contribution in [2.45, 2.75) is 25.8 Å². The zero-order chi connectivity index (χ0) is 13.0. The summed E-state index contributed by atoms with van der Waals surface area (Å²) in [6, 6.07) is 2.84. The summed E-state index contributed by atoms with van der Waals surface area (Å²) in [6.45, 7) is 5.07. The Hall–Kier alpha value is -1.49. The third-order valence-electron chi connectivity index (χ3n) is 3.28. The lowest BCUT2D eigenvalue weighted by Gasteiger charge is -2.32. The van der Waals surface area contributed by atoms with Crippen LogP contribution in [0.4, 0.5) is 4.39 Å². The monoisotopic (exact) mass is 251 g/mol. The predicted molar refractivity (Wildman–Crippen MR) is 66.8 cm³/mol. The molecule has 1 aliphatic heterocycles. The number of likely N-dealkylation sites (N-methyl/N-ethyl adjacent to an activating group) is 1. The van der Waals surface area contributed by atoms with E-state index >= 15 is 0 Å². The third kappa shape index (κ3) is 3.26. The molecule has 4 nitrogen and oxygen atoms in total. The quantitative estimate of drug-likeness (QED) is 0.827. The molecule has 0 saturated carbocycles. The van der Waals surface area contributed by atoms with Gasteiger partial charge in [-0.1, -0.05) is 6.92 Å². The van der Waals surface area contributed by atoms with E-state index in [9.17, 15) is 9.18 Å². The van der Waals surface area contributed by atoms with Gasteiger partial charge in [0.05, 0.1) is 0 Å². The van der Waals surface area contributed by atoms with Crippen molar-refractivity contribution in [1.29, 1.82) is 0 Å². The highest BCUT2D eigenvalue weighted by Gasteiger charge is 2.20. The summed E-state index contributed by atoms with van der Waals surface area (Å²) in [5, 5.41) is 2.95. The first-order chi connectivity index (χ1) is 8.69. The second kappa shape index (κ2) is 5.91. The number of likely N-dealkylation sites (tertiary alicyclic amines) is 1. The van der Waals surface area contributed by atoms with E-state index in [4.69, 9.17) is 0 Å². The lowest BCUT2D eigenvalue weighted by Crippen LogP contribution is -2.47. The molecule has 98 valence electrons. The van der Waals surface area contributed by atoms with E-state index in [2.05, 4.69) is 22.1 Å². The van der Waals surface area contributed by atoms with Crippen molar-refractivity contribution in [3.05, 3.63) is 29.8 Å². The van der Waals surface area contributed by atoms with Crippen molar-refractivity contribution >= 4 is 5.91 Å². The number of carbonyl (C=O) groups is 1. The van der Waals surface area contributed by atoms with Crippen molar-refractivity contribution in [3.8, 4) is 0 Å². The molecule has 0 spiro atoms. The molecule has 0 aromatic carbocycles. The summed E-state index contributed by atoms with van der Waals surface area (Å²) < 4.78 is 12.9. The topological polar surface area (TPSA) is 45.2 Å². The van der Waals surface area contributed by atoms with Crippen LogP contribution in [0, 0.1) is 5.95 Å². The van der Waals surface area contributed by atoms with Crippen LogP contribution < -0.4 is 5.32 Å². The molecule has 1 aromatic heterocycles. The molecule has 1 aromatic rings. The minimum atomic E-state index is -0.624. The van der Waals surface area contributed by atoms with E-state index in [0.717, 1.165) is 38.5 Å². The number of hydrogen-bond acceptors (Lipinski definition) is 3. The van der Waals surface area contributed by atoms with Crippen molar-refractivity contribution in [2.75, 3.05) is 19.6 Å².